The summed E-state index contributed by atoms with van der Waals surface area (Å²) in [6.45, 7) is 0. The largest absolute Gasteiger partial charge is 0.465 e. The number of hydrogen-bond donors (Lipinski definition) is 3. The molecule has 1 aliphatic rings. The average molecular weight is 257 g/mol. The van der Waals surface area contributed by atoms with Crippen molar-refractivity contribution in [1.82, 2.24) is 5.32 Å². The van der Waals surface area contributed by atoms with Gasteiger partial charge in [0.25, 0.3) is 0 Å². The number of nitrogens with one attached hydrogen (secondary N) is 1. The molecule has 0 saturated carbocycles. The highest BCUT2D eigenvalue weighted by Gasteiger charge is 2.25. The summed E-state index contributed by atoms with van der Waals surface area (Å²) in [6, 6.07) is 16.0. The number of rotatable bonds is 0. The number of amides is 1. The van der Waals surface area contributed by atoms with Gasteiger partial charge in [-0.1, -0.05) is 48.5 Å². The van der Waals surface area contributed by atoms with Gasteiger partial charge in [0.05, 0.1) is 0 Å². The maximum Gasteiger partial charge on any atom is 0.404 e. The van der Waals surface area contributed by atoms with E-state index in [-0.39, 0.29) is 0 Å². The van der Waals surface area contributed by atoms with Crippen LogP contribution in [0.25, 0.3) is 11.1 Å². The van der Waals surface area contributed by atoms with Gasteiger partial charge in [-0.15, -0.1) is 0 Å². The van der Waals surface area contributed by atoms with Gasteiger partial charge >= 0.3 is 6.09 Å². The van der Waals surface area contributed by atoms with Gasteiger partial charge in [0.1, 0.15) is 6.10 Å². The molecule has 3 N–H and O–H groups in total. The highest BCUT2D eigenvalue weighted by molar-refractivity contribution is 5.77. The van der Waals surface area contributed by atoms with Gasteiger partial charge in [-0.2, -0.15) is 0 Å². The van der Waals surface area contributed by atoms with Crippen molar-refractivity contribution >= 4 is 6.09 Å². The standard InChI is InChI=1S/C13H10O.C2H5NO2/c14-13-11-7-3-1-5-9(11)10-6-2-4-8-12(10)13;1-3-2(4)5/h1-8,13-14H;3H,1H3,(H,4,5). The molecule has 98 valence electrons. The predicted molar refractivity (Wildman–Crippen MR) is 73.0 cm³/mol. The Labute approximate surface area is 111 Å². The second-order valence-corrected chi connectivity index (χ2v) is 4.13. The Balaban J connectivity index is 0.000000232. The summed E-state index contributed by atoms with van der Waals surface area (Å²) < 4.78 is 0. The van der Waals surface area contributed by atoms with E-state index >= 15 is 0 Å². The minimum absolute atomic E-state index is 0.442. The molecular formula is C15H15NO3. The Kier molecular flexibility index (Phi) is 3.82. The van der Waals surface area contributed by atoms with Crippen LogP contribution in [-0.2, 0) is 0 Å². The molecule has 0 heterocycles. The molecule has 0 spiro atoms. The van der Waals surface area contributed by atoms with Crippen LogP contribution in [0.2, 0.25) is 0 Å². The maximum absolute atomic E-state index is 10.0. The number of hydrogen-bond acceptors (Lipinski definition) is 2. The van der Waals surface area contributed by atoms with E-state index in [1.807, 2.05) is 41.7 Å². The fourth-order valence-corrected chi connectivity index (χ4v) is 2.13. The lowest BCUT2D eigenvalue weighted by atomic mass is 10.1. The minimum Gasteiger partial charge on any atom is -0.465 e. The van der Waals surface area contributed by atoms with E-state index in [2.05, 4.69) is 12.1 Å². The highest BCUT2D eigenvalue weighted by atomic mass is 16.4. The van der Waals surface area contributed by atoms with E-state index in [4.69, 9.17) is 5.11 Å². The summed E-state index contributed by atoms with van der Waals surface area (Å²) in [6.07, 6.45) is -1.44. The van der Waals surface area contributed by atoms with Crippen molar-refractivity contribution in [3.63, 3.8) is 0 Å². The molecule has 0 saturated heterocycles. The van der Waals surface area contributed by atoms with E-state index in [9.17, 15) is 9.90 Å². The van der Waals surface area contributed by atoms with Gasteiger partial charge in [-0.05, 0) is 22.3 Å². The first kappa shape index (κ1) is 13.1. The second kappa shape index (κ2) is 5.54. The van der Waals surface area contributed by atoms with Gasteiger partial charge in [0.15, 0.2) is 0 Å². The van der Waals surface area contributed by atoms with E-state index in [1.54, 1.807) is 0 Å². The van der Waals surface area contributed by atoms with Crippen LogP contribution in [0.4, 0.5) is 4.79 Å². The molecule has 3 rings (SSSR count). The lowest BCUT2D eigenvalue weighted by molar-refractivity contribution is 0.197. The molecule has 1 amide bonds. The van der Waals surface area contributed by atoms with Crippen LogP contribution in [0.3, 0.4) is 0 Å². The highest BCUT2D eigenvalue weighted by Crippen LogP contribution is 2.42. The fourth-order valence-electron chi connectivity index (χ4n) is 2.13. The molecule has 19 heavy (non-hydrogen) atoms. The zero-order valence-corrected chi connectivity index (χ0v) is 10.5. The van der Waals surface area contributed by atoms with Gasteiger partial charge in [-0.3, -0.25) is 0 Å². The molecule has 2 aromatic rings. The summed E-state index contributed by atoms with van der Waals surface area (Å²) in [4.78, 5) is 9.26. The molecule has 0 atom stereocenters. The molecule has 0 bridgehead atoms. The van der Waals surface area contributed by atoms with E-state index < -0.39 is 12.2 Å². The van der Waals surface area contributed by atoms with Gasteiger partial charge in [0.2, 0.25) is 0 Å². The number of carboxylic acid groups (broad SMARTS) is 1. The molecule has 0 unspecified atom stereocenters. The van der Waals surface area contributed by atoms with Crippen LogP contribution in [-0.4, -0.2) is 23.4 Å². The number of benzene rings is 2. The smallest absolute Gasteiger partial charge is 0.404 e. The van der Waals surface area contributed by atoms with Crippen LogP contribution in [0.15, 0.2) is 48.5 Å². The Morgan fingerprint density at radius 2 is 1.37 bits per heavy atom. The predicted octanol–water partition coefficient (Wildman–Crippen LogP) is 2.63. The van der Waals surface area contributed by atoms with Crippen molar-refractivity contribution in [2.75, 3.05) is 7.05 Å². The molecule has 0 aromatic heterocycles. The van der Waals surface area contributed by atoms with Crippen LogP contribution in [0.5, 0.6) is 0 Å². The maximum atomic E-state index is 10.0. The molecule has 0 radical (unpaired) electrons. The van der Waals surface area contributed by atoms with Gasteiger partial charge in [0, 0.05) is 7.05 Å². The van der Waals surface area contributed by atoms with Crippen molar-refractivity contribution in [2.24, 2.45) is 0 Å². The fraction of sp³-hybridized carbons (Fsp3) is 0.133. The lowest BCUT2D eigenvalue weighted by Gasteiger charge is -2.03. The van der Waals surface area contributed by atoms with Gasteiger partial charge < -0.3 is 15.5 Å². The van der Waals surface area contributed by atoms with Crippen molar-refractivity contribution in [3.05, 3.63) is 59.7 Å². The summed E-state index contributed by atoms with van der Waals surface area (Å²) in [5.74, 6) is 0. The number of carbonyl (C=O) groups is 1. The minimum atomic E-state index is -0.995. The third kappa shape index (κ3) is 2.58. The summed E-state index contributed by atoms with van der Waals surface area (Å²) in [5, 5.41) is 19.6. The van der Waals surface area contributed by atoms with E-state index in [0.29, 0.717) is 0 Å². The third-order valence-electron chi connectivity index (χ3n) is 3.01. The Bertz CT molecular complexity index is 550. The monoisotopic (exact) mass is 257 g/mol. The zero-order chi connectivity index (χ0) is 13.8. The first-order valence-corrected chi connectivity index (χ1v) is 5.92. The Hall–Kier alpha value is -2.33. The topological polar surface area (TPSA) is 69.6 Å². The molecule has 4 heteroatoms. The molecule has 4 nitrogen and oxygen atoms in total. The summed E-state index contributed by atoms with van der Waals surface area (Å²) >= 11 is 0. The molecule has 2 aromatic carbocycles. The first-order chi connectivity index (χ1) is 9.15. The first-order valence-electron chi connectivity index (χ1n) is 5.92. The molecule has 1 aliphatic carbocycles. The summed E-state index contributed by atoms with van der Waals surface area (Å²) in [7, 11) is 1.35. The summed E-state index contributed by atoms with van der Waals surface area (Å²) in [5.41, 5.74) is 4.37. The number of fused-ring (bicyclic) bond motifs is 3. The third-order valence-corrected chi connectivity index (χ3v) is 3.01. The molecular weight excluding hydrogens is 242 g/mol. The zero-order valence-electron chi connectivity index (χ0n) is 10.5. The normalized spacial score (nSPS) is 11.9. The van der Waals surface area contributed by atoms with Crippen LogP contribution in [0, 0.1) is 0 Å². The van der Waals surface area contributed by atoms with Crippen LogP contribution < -0.4 is 5.32 Å². The van der Waals surface area contributed by atoms with E-state index in [0.717, 1.165) is 22.3 Å². The average Bonchev–Trinajstić information content (AvgIpc) is 2.74. The SMILES string of the molecule is CNC(=O)O.OC1c2ccccc2-c2ccccc21. The number of aliphatic hydroxyl groups excluding tert-OH is 1. The van der Waals surface area contributed by atoms with Crippen molar-refractivity contribution < 1.29 is 15.0 Å². The van der Waals surface area contributed by atoms with Crippen molar-refractivity contribution in [3.8, 4) is 11.1 Å². The quantitative estimate of drug-likeness (QED) is 0.679. The number of aliphatic hydroxyl groups is 1. The lowest BCUT2D eigenvalue weighted by Crippen LogP contribution is -2.13. The van der Waals surface area contributed by atoms with Gasteiger partial charge in [-0.25, -0.2) is 4.79 Å². The van der Waals surface area contributed by atoms with Crippen molar-refractivity contribution in [2.45, 2.75) is 6.10 Å². The van der Waals surface area contributed by atoms with Crippen LogP contribution in [0.1, 0.15) is 17.2 Å². The molecule has 0 fully saturated rings. The van der Waals surface area contributed by atoms with E-state index in [1.165, 1.54) is 7.05 Å². The van der Waals surface area contributed by atoms with Crippen molar-refractivity contribution in [1.29, 1.82) is 0 Å². The Morgan fingerprint density at radius 3 is 1.74 bits per heavy atom. The van der Waals surface area contributed by atoms with Crippen LogP contribution >= 0.6 is 0 Å². The second-order valence-electron chi connectivity index (χ2n) is 4.13. The Morgan fingerprint density at radius 1 is 1.00 bits per heavy atom. The molecule has 0 aliphatic heterocycles.